The molecule has 1 aromatic heterocycles. The lowest BCUT2D eigenvalue weighted by atomic mass is 10.1. The molecule has 1 aromatic carbocycles. The van der Waals surface area contributed by atoms with Gasteiger partial charge in [-0.25, -0.2) is 0 Å². The summed E-state index contributed by atoms with van der Waals surface area (Å²) in [4.78, 5) is 12.1. The van der Waals surface area contributed by atoms with Gasteiger partial charge in [0.15, 0.2) is 5.78 Å². The number of anilines is 1. The van der Waals surface area contributed by atoms with E-state index >= 15 is 0 Å². The molecular formula is C14H16N2O2. The standard InChI is InChI=1S/C14H16N2O2/c1-10(16-9-13-3-2-8-18-13)14(17)11-4-6-12(15)7-5-11/h2-8,10,16H,9,15H2,1H3. The molecule has 0 fully saturated rings. The number of hydrogen-bond acceptors (Lipinski definition) is 4. The Kier molecular flexibility index (Phi) is 3.79. The average molecular weight is 244 g/mol. The number of nitrogens with one attached hydrogen (secondary N) is 1. The molecule has 0 saturated heterocycles. The lowest BCUT2D eigenvalue weighted by Crippen LogP contribution is -2.33. The van der Waals surface area contributed by atoms with Gasteiger partial charge in [0.2, 0.25) is 0 Å². The monoisotopic (exact) mass is 244 g/mol. The molecule has 18 heavy (non-hydrogen) atoms. The molecule has 0 bridgehead atoms. The largest absolute Gasteiger partial charge is 0.468 e. The van der Waals surface area contributed by atoms with E-state index in [4.69, 9.17) is 10.2 Å². The predicted molar refractivity (Wildman–Crippen MR) is 70.2 cm³/mol. The molecule has 0 spiro atoms. The number of carbonyl (C=O) groups is 1. The van der Waals surface area contributed by atoms with Gasteiger partial charge in [0.05, 0.1) is 18.8 Å². The number of carbonyl (C=O) groups excluding carboxylic acids is 1. The molecule has 1 unspecified atom stereocenters. The summed E-state index contributed by atoms with van der Waals surface area (Å²) in [6, 6.07) is 10.4. The van der Waals surface area contributed by atoms with Gasteiger partial charge in [0, 0.05) is 11.3 Å². The van der Waals surface area contributed by atoms with Gasteiger partial charge in [-0.3, -0.25) is 4.79 Å². The van der Waals surface area contributed by atoms with Crippen molar-refractivity contribution >= 4 is 11.5 Å². The van der Waals surface area contributed by atoms with E-state index in [2.05, 4.69) is 5.32 Å². The van der Waals surface area contributed by atoms with Crippen LogP contribution in [0.4, 0.5) is 5.69 Å². The van der Waals surface area contributed by atoms with Crippen molar-refractivity contribution in [3.63, 3.8) is 0 Å². The summed E-state index contributed by atoms with van der Waals surface area (Å²) in [5, 5.41) is 3.12. The van der Waals surface area contributed by atoms with Crippen molar-refractivity contribution < 1.29 is 9.21 Å². The molecule has 1 heterocycles. The van der Waals surface area contributed by atoms with E-state index in [0.717, 1.165) is 5.76 Å². The Morgan fingerprint density at radius 2 is 2.06 bits per heavy atom. The smallest absolute Gasteiger partial charge is 0.179 e. The van der Waals surface area contributed by atoms with Crippen LogP contribution in [-0.2, 0) is 6.54 Å². The van der Waals surface area contributed by atoms with Gasteiger partial charge in [-0.1, -0.05) is 0 Å². The minimum atomic E-state index is -0.265. The third kappa shape index (κ3) is 2.99. The van der Waals surface area contributed by atoms with Crippen LogP contribution in [0.1, 0.15) is 23.0 Å². The highest BCUT2D eigenvalue weighted by Crippen LogP contribution is 2.08. The lowest BCUT2D eigenvalue weighted by molar-refractivity contribution is 0.0949. The van der Waals surface area contributed by atoms with Crippen molar-refractivity contribution in [3.05, 3.63) is 54.0 Å². The van der Waals surface area contributed by atoms with Gasteiger partial charge in [-0.2, -0.15) is 0 Å². The molecule has 4 nitrogen and oxygen atoms in total. The third-order valence-corrected chi connectivity index (χ3v) is 2.75. The number of rotatable bonds is 5. The van der Waals surface area contributed by atoms with E-state index in [1.54, 1.807) is 30.5 Å². The number of hydrogen-bond donors (Lipinski definition) is 2. The summed E-state index contributed by atoms with van der Waals surface area (Å²) in [6.45, 7) is 2.37. The first-order valence-electron chi connectivity index (χ1n) is 5.82. The van der Waals surface area contributed by atoms with Crippen molar-refractivity contribution in [2.45, 2.75) is 19.5 Å². The van der Waals surface area contributed by atoms with Crippen LogP contribution in [0, 0.1) is 0 Å². The van der Waals surface area contributed by atoms with Crippen LogP contribution >= 0.6 is 0 Å². The fourth-order valence-corrected chi connectivity index (χ4v) is 1.66. The maximum atomic E-state index is 12.1. The van der Waals surface area contributed by atoms with E-state index in [1.807, 2.05) is 19.1 Å². The highest BCUT2D eigenvalue weighted by Gasteiger charge is 2.14. The first-order chi connectivity index (χ1) is 8.66. The fraction of sp³-hybridized carbons (Fsp3) is 0.214. The summed E-state index contributed by atoms with van der Waals surface area (Å²) in [5.41, 5.74) is 6.90. The third-order valence-electron chi connectivity index (χ3n) is 2.75. The number of nitrogen functional groups attached to an aromatic ring is 1. The van der Waals surface area contributed by atoms with E-state index < -0.39 is 0 Å². The molecule has 0 radical (unpaired) electrons. The predicted octanol–water partition coefficient (Wildman–Crippen LogP) is 2.22. The summed E-state index contributed by atoms with van der Waals surface area (Å²) in [5.74, 6) is 0.855. The molecule has 0 saturated carbocycles. The molecule has 94 valence electrons. The molecule has 2 aromatic rings. The molecule has 4 heteroatoms. The zero-order valence-corrected chi connectivity index (χ0v) is 10.2. The second kappa shape index (κ2) is 5.51. The zero-order valence-electron chi connectivity index (χ0n) is 10.2. The van der Waals surface area contributed by atoms with Crippen molar-refractivity contribution in [1.29, 1.82) is 0 Å². The maximum Gasteiger partial charge on any atom is 0.179 e. The van der Waals surface area contributed by atoms with E-state index in [-0.39, 0.29) is 11.8 Å². The van der Waals surface area contributed by atoms with Crippen molar-refractivity contribution in [3.8, 4) is 0 Å². The highest BCUT2D eigenvalue weighted by atomic mass is 16.3. The minimum Gasteiger partial charge on any atom is -0.468 e. The van der Waals surface area contributed by atoms with Crippen molar-refractivity contribution in [1.82, 2.24) is 5.32 Å². The number of ketones is 1. The highest BCUT2D eigenvalue weighted by molar-refractivity contribution is 6.00. The minimum absolute atomic E-state index is 0.0431. The van der Waals surface area contributed by atoms with E-state index in [0.29, 0.717) is 17.8 Å². The zero-order chi connectivity index (χ0) is 13.0. The molecular weight excluding hydrogens is 228 g/mol. The second-order valence-corrected chi connectivity index (χ2v) is 4.17. The van der Waals surface area contributed by atoms with Crippen LogP contribution in [-0.4, -0.2) is 11.8 Å². The molecule has 0 aliphatic rings. The van der Waals surface area contributed by atoms with Crippen LogP contribution in [0.15, 0.2) is 47.1 Å². The Morgan fingerprint density at radius 1 is 1.33 bits per heavy atom. The number of Topliss-reactive ketones (excluding diaryl/α,β-unsaturated/α-hetero) is 1. The van der Waals surface area contributed by atoms with Crippen LogP contribution in [0.5, 0.6) is 0 Å². The van der Waals surface area contributed by atoms with Crippen LogP contribution < -0.4 is 11.1 Å². The topological polar surface area (TPSA) is 68.3 Å². The Balaban J connectivity index is 1.94. The molecule has 0 amide bonds. The molecule has 0 aliphatic carbocycles. The first kappa shape index (κ1) is 12.4. The average Bonchev–Trinajstić information content (AvgIpc) is 2.89. The molecule has 3 N–H and O–H groups in total. The van der Waals surface area contributed by atoms with Gasteiger partial charge in [-0.05, 0) is 43.3 Å². The Morgan fingerprint density at radius 3 is 2.67 bits per heavy atom. The van der Waals surface area contributed by atoms with Crippen LogP contribution in [0.25, 0.3) is 0 Å². The van der Waals surface area contributed by atoms with Gasteiger partial charge in [0.25, 0.3) is 0 Å². The summed E-state index contributed by atoms with van der Waals surface area (Å²) < 4.78 is 5.19. The Hall–Kier alpha value is -2.07. The van der Waals surface area contributed by atoms with Gasteiger partial charge in [0.1, 0.15) is 5.76 Å². The fourth-order valence-electron chi connectivity index (χ4n) is 1.66. The Labute approximate surface area is 106 Å². The SMILES string of the molecule is CC(NCc1ccco1)C(=O)c1ccc(N)cc1. The van der Waals surface area contributed by atoms with E-state index in [9.17, 15) is 4.79 Å². The number of furan rings is 1. The lowest BCUT2D eigenvalue weighted by Gasteiger charge is -2.11. The summed E-state index contributed by atoms with van der Waals surface area (Å²) >= 11 is 0. The summed E-state index contributed by atoms with van der Waals surface area (Å²) in [7, 11) is 0. The van der Waals surface area contributed by atoms with Crippen molar-refractivity contribution in [2.24, 2.45) is 0 Å². The maximum absolute atomic E-state index is 12.1. The normalized spacial score (nSPS) is 12.3. The van der Waals surface area contributed by atoms with Crippen LogP contribution in [0.3, 0.4) is 0 Å². The number of benzene rings is 1. The Bertz CT molecular complexity index is 503. The van der Waals surface area contributed by atoms with E-state index in [1.165, 1.54) is 0 Å². The van der Waals surface area contributed by atoms with Crippen molar-refractivity contribution in [2.75, 3.05) is 5.73 Å². The number of nitrogens with two attached hydrogens (primary N) is 1. The van der Waals surface area contributed by atoms with Gasteiger partial charge >= 0.3 is 0 Å². The second-order valence-electron chi connectivity index (χ2n) is 4.17. The quantitative estimate of drug-likeness (QED) is 0.625. The van der Waals surface area contributed by atoms with Gasteiger partial charge < -0.3 is 15.5 Å². The molecule has 2 rings (SSSR count). The summed E-state index contributed by atoms with van der Waals surface area (Å²) in [6.07, 6.45) is 1.61. The first-order valence-corrected chi connectivity index (χ1v) is 5.82. The van der Waals surface area contributed by atoms with Crippen LogP contribution in [0.2, 0.25) is 0 Å². The van der Waals surface area contributed by atoms with Gasteiger partial charge in [-0.15, -0.1) is 0 Å². The molecule has 1 atom stereocenters. The molecule has 0 aliphatic heterocycles.